The van der Waals surface area contributed by atoms with Crippen molar-refractivity contribution in [1.82, 2.24) is 15.0 Å². The van der Waals surface area contributed by atoms with Crippen LogP contribution in [0.25, 0.3) is 10.1 Å². The van der Waals surface area contributed by atoms with E-state index in [1.807, 2.05) is 0 Å². The average molecular weight is 379 g/mol. The normalized spacial score (nSPS) is 11.0. The Kier molecular flexibility index (Phi) is 5.00. The summed E-state index contributed by atoms with van der Waals surface area (Å²) in [4.78, 5) is 24.3. The third kappa shape index (κ3) is 3.64. The maximum atomic E-state index is 14.3. The predicted molar refractivity (Wildman–Crippen MR) is 96.0 cm³/mol. The monoisotopic (exact) mass is 379 g/mol. The molecule has 0 bridgehead atoms. The number of thiophene rings is 1. The quantitative estimate of drug-likeness (QED) is 0.513. The lowest BCUT2D eigenvalue weighted by Gasteiger charge is -2.05. The number of hydrogen-bond donors (Lipinski definition) is 2. The summed E-state index contributed by atoms with van der Waals surface area (Å²) >= 11 is 2.39. The average Bonchev–Trinajstić information content (AvgIpc) is 2.92. The molecule has 0 aliphatic carbocycles. The Morgan fingerprint density at radius 3 is 2.68 bits per heavy atom. The van der Waals surface area contributed by atoms with Gasteiger partial charge >= 0.3 is 5.97 Å². The molecule has 0 amide bonds. The third-order valence-electron chi connectivity index (χ3n) is 3.22. The number of ether oxygens (including phenoxy) is 1. The molecule has 2 aromatic heterocycles. The molecule has 0 saturated heterocycles. The summed E-state index contributed by atoms with van der Waals surface area (Å²) in [5.41, 5.74) is 11.6. The number of hydrogen-bond acceptors (Lipinski definition) is 9. The van der Waals surface area contributed by atoms with Crippen LogP contribution in [-0.4, -0.2) is 27.5 Å². The number of benzene rings is 1. The highest BCUT2D eigenvalue weighted by molar-refractivity contribution is 7.98. The second-order valence-electron chi connectivity index (χ2n) is 4.87. The number of anilines is 2. The molecular weight excluding hydrogens is 365 g/mol. The van der Waals surface area contributed by atoms with Crippen LogP contribution in [0.1, 0.15) is 22.2 Å². The fourth-order valence-electron chi connectivity index (χ4n) is 2.26. The minimum absolute atomic E-state index is 0.00183. The summed E-state index contributed by atoms with van der Waals surface area (Å²) in [5, 5.41) is 0.702. The van der Waals surface area contributed by atoms with Crippen LogP contribution < -0.4 is 11.5 Å². The smallest absolute Gasteiger partial charge is 0.348 e. The third-order valence-corrected chi connectivity index (χ3v) is 5.27. The fraction of sp³-hybridized carbons (Fsp3) is 0.200. The van der Waals surface area contributed by atoms with E-state index in [4.69, 9.17) is 16.2 Å². The van der Waals surface area contributed by atoms with Crippen LogP contribution in [0.15, 0.2) is 23.4 Å². The summed E-state index contributed by atoms with van der Waals surface area (Å²) in [6.45, 7) is 1.96. The number of halogens is 1. The maximum absolute atomic E-state index is 14.3. The minimum atomic E-state index is -0.478. The Morgan fingerprint density at radius 2 is 2.00 bits per heavy atom. The topological polar surface area (TPSA) is 117 Å². The molecular formula is C15H14FN5O2S2. The van der Waals surface area contributed by atoms with Crippen LogP contribution in [0.2, 0.25) is 0 Å². The molecule has 0 radical (unpaired) electrons. The lowest BCUT2D eigenvalue weighted by molar-refractivity contribution is 0.0531. The van der Waals surface area contributed by atoms with E-state index in [9.17, 15) is 9.18 Å². The second-order valence-corrected chi connectivity index (χ2v) is 6.86. The van der Waals surface area contributed by atoms with E-state index in [0.29, 0.717) is 25.7 Å². The molecule has 10 heteroatoms. The van der Waals surface area contributed by atoms with Gasteiger partial charge in [-0.1, -0.05) is 17.8 Å². The van der Waals surface area contributed by atoms with Gasteiger partial charge in [-0.25, -0.2) is 9.18 Å². The zero-order valence-corrected chi connectivity index (χ0v) is 14.8. The molecule has 3 rings (SSSR count). The maximum Gasteiger partial charge on any atom is 0.348 e. The summed E-state index contributed by atoms with van der Waals surface area (Å²) in [6, 6.07) is 4.73. The van der Waals surface area contributed by atoms with Crippen molar-refractivity contribution in [3.8, 4) is 0 Å². The van der Waals surface area contributed by atoms with Gasteiger partial charge in [-0.05, 0) is 24.6 Å². The first-order valence-electron chi connectivity index (χ1n) is 7.26. The van der Waals surface area contributed by atoms with E-state index in [0.717, 1.165) is 0 Å². The molecule has 2 heterocycles. The molecule has 0 atom stereocenters. The summed E-state index contributed by atoms with van der Waals surface area (Å²) in [7, 11) is 0. The molecule has 130 valence electrons. The van der Waals surface area contributed by atoms with Crippen molar-refractivity contribution < 1.29 is 13.9 Å². The van der Waals surface area contributed by atoms with E-state index in [2.05, 4.69) is 15.0 Å². The van der Waals surface area contributed by atoms with Gasteiger partial charge in [0.15, 0.2) is 5.16 Å². The molecule has 4 N–H and O–H groups in total. The molecule has 0 fully saturated rings. The Bertz CT molecular complexity index is 927. The SMILES string of the molecule is CCOC(=O)c1sc2cccc(F)c2c1CSc1nc(N)nc(N)n1. The zero-order chi connectivity index (χ0) is 18.0. The Hall–Kier alpha value is -2.46. The first-order valence-corrected chi connectivity index (χ1v) is 9.06. The molecule has 0 spiro atoms. The van der Waals surface area contributed by atoms with Crippen molar-refractivity contribution in [3.63, 3.8) is 0 Å². The van der Waals surface area contributed by atoms with Crippen LogP contribution in [0.5, 0.6) is 0 Å². The first kappa shape index (κ1) is 17.4. The largest absolute Gasteiger partial charge is 0.462 e. The number of fused-ring (bicyclic) bond motifs is 1. The Morgan fingerprint density at radius 1 is 1.28 bits per heavy atom. The van der Waals surface area contributed by atoms with Crippen molar-refractivity contribution in [2.24, 2.45) is 0 Å². The van der Waals surface area contributed by atoms with Crippen LogP contribution in [0.4, 0.5) is 16.3 Å². The number of esters is 1. The minimum Gasteiger partial charge on any atom is -0.462 e. The molecule has 0 unspecified atom stereocenters. The van der Waals surface area contributed by atoms with Gasteiger partial charge in [-0.15, -0.1) is 11.3 Å². The van der Waals surface area contributed by atoms with Crippen molar-refractivity contribution in [3.05, 3.63) is 34.5 Å². The Balaban J connectivity index is 2.00. The summed E-state index contributed by atoms with van der Waals surface area (Å²) in [5.74, 6) is -0.607. The number of carbonyl (C=O) groups excluding carboxylic acids is 1. The number of carbonyl (C=O) groups is 1. The van der Waals surface area contributed by atoms with Crippen LogP contribution in [-0.2, 0) is 10.5 Å². The molecule has 3 aromatic rings. The van der Waals surface area contributed by atoms with Crippen molar-refractivity contribution in [2.45, 2.75) is 17.8 Å². The van der Waals surface area contributed by atoms with Gasteiger partial charge in [0.1, 0.15) is 10.7 Å². The molecule has 25 heavy (non-hydrogen) atoms. The van der Waals surface area contributed by atoms with Gasteiger partial charge in [-0.3, -0.25) is 0 Å². The van der Waals surface area contributed by atoms with E-state index >= 15 is 0 Å². The van der Waals surface area contributed by atoms with Crippen molar-refractivity contribution in [1.29, 1.82) is 0 Å². The summed E-state index contributed by atoms with van der Waals surface area (Å²) in [6.07, 6.45) is 0. The second kappa shape index (κ2) is 7.19. The van der Waals surface area contributed by atoms with Crippen molar-refractivity contribution in [2.75, 3.05) is 18.1 Å². The highest BCUT2D eigenvalue weighted by atomic mass is 32.2. The lowest BCUT2D eigenvalue weighted by atomic mass is 10.1. The van der Waals surface area contributed by atoms with Gasteiger partial charge < -0.3 is 16.2 Å². The first-order chi connectivity index (χ1) is 12.0. The van der Waals surface area contributed by atoms with Gasteiger partial charge in [0.05, 0.1) is 6.61 Å². The van der Waals surface area contributed by atoms with Crippen molar-refractivity contribution >= 4 is 51.1 Å². The Labute approximate surface area is 150 Å². The molecule has 7 nitrogen and oxygen atoms in total. The predicted octanol–water partition coefficient (Wildman–Crippen LogP) is 2.86. The number of nitrogens with zero attached hydrogens (tertiary/aromatic N) is 3. The standard InChI is InChI=1S/C15H14FN5O2S2/c1-2-23-12(22)11-7(10-8(16)4-3-5-9(10)25-11)6-24-15-20-13(17)19-14(18)21-15/h3-5H,2,6H2,1H3,(H4,17,18,19,20,21). The number of nitrogens with two attached hydrogens (primary N) is 2. The highest BCUT2D eigenvalue weighted by Crippen LogP contribution is 2.37. The van der Waals surface area contributed by atoms with Gasteiger partial charge in [0, 0.05) is 15.8 Å². The van der Waals surface area contributed by atoms with Gasteiger partial charge in [-0.2, -0.15) is 15.0 Å². The van der Waals surface area contributed by atoms with E-state index in [1.165, 1.54) is 29.2 Å². The van der Waals surface area contributed by atoms with E-state index < -0.39 is 11.8 Å². The molecule has 0 aliphatic rings. The zero-order valence-electron chi connectivity index (χ0n) is 13.2. The van der Waals surface area contributed by atoms with Crippen LogP contribution in [0.3, 0.4) is 0 Å². The molecule has 0 aliphatic heterocycles. The van der Waals surface area contributed by atoms with E-state index in [-0.39, 0.29) is 24.3 Å². The number of nitrogen functional groups attached to an aromatic ring is 2. The molecule has 1 aromatic carbocycles. The lowest BCUT2D eigenvalue weighted by Crippen LogP contribution is -2.06. The number of aromatic nitrogens is 3. The highest BCUT2D eigenvalue weighted by Gasteiger charge is 2.22. The van der Waals surface area contributed by atoms with Crippen LogP contribution in [0, 0.1) is 5.82 Å². The number of rotatable bonds is 5. The molecule has 0 saturated carbocycles. The fourth-order valence-corrected chi connectivity index (χ4v) is 4.35. The van der Waals surface area contributed by atoms with Gasteiger partial charge in [0.2, 0.25) is 11.9 Å². The number of thioether (sulfide) groups is 1. The van der Waals surface area contributed by atoms with Crippen LogP contribution >= 0.6 is 23.1 Å². The van der Waals surface area contributed by atoms with Gasteiger partial charge in [0.25, 0.3) is 0 Å². The summed E-state index contributed by atoms with van der Waals surface area (Å²) < 4.78 is 20.1. The van der Waals surface area contributed by atoms with E-state index in [1.54, 1.807) is 19.1 Å².